The van der Waals surface area contributed by atoms with Crippen LogP contribution in [0.15, 0.2) is 65.8 Å². The number of hydrogen-bond acceptors (Lipinski definition) is 16. The molecule has 10 bridgehead atoms. The average molecular weight is 1330 g/mol. The van der Waals surface area contributed by atoms with Crippen LogP contribution in [0.4, 0.5) is 5.69 Å². The normalized spacial score (nSPS) is 50.5. The molecule has 9 N–H and O–H groups in total. The number of aliphatic hydroxyl groups excluding tert-OH is 5. The molecular weight excluding hydrogens is 1220 g/mol. The number of phenolic OH excluding ortho intramolecular Hbond substituents is 1. The number of benzene rings is 1. The number of amides is 1. The van der Waals surface area contributed by atoms with Crippen molar-refractivity contribution < 1.29 is 64.7 Å². The molecule has 24 unspecified atom stereocenters. The lowest BCUT2D eigenvalue weighted by atomic mass is 9.29. The number of anilines is 1. The highest BCUT2D eigenvalue weighted by molar-refractivity contribution is 8.76. The summed E-state index contributed by atoms with van der Waals surface area (Å²) in [5.74, 6) is -0.835. The van der Waals surface area contributed by atoms with Gasteiger partial charge in [0.25, 0.3) is 0 Å². The van der Waals surface area contributed by atoms with Gasteiger partial charge in [0.15, 0.2) is 5.78 Å². The van der Waals surface area contributed by atoms with Crippen molar-refractivity contribution in [2.45, 2.75) is 246 Å². The van der Waals surface area contributed by atoms with Gasteiger partial charge in [-0.05, 0) is 197 Å². The highest BCUT2D eigenvalue weighted by atomic mass is 33.1. The van der Waals surface area contributed by atoms with Crippen LogP contribution in [0.5, 0.6) is 5.75 Å². The molecule has 6 spiro atoms. The summed E-state index contributed by atoms with van der Waals surface area (Å²) < 4.78 is 20.9. The van der Waals surface area contributed by atoms with Crippen LogP contribution in [0.25, 0.3) is 0 Å². The van der Waals surface area contributed by atoms with E-state index in [1.807, 2.05) is 17.0 Å². The van der Waals surface area contributed by atoms with Crippen molar-refractivity contribution in [1.29, 1.82) is 0 Å². The number of aliphatic hydroxyl groups is 7. The molecule has 15 nitrogen and oxygen atoms in total. The number of phenols is 1. The van der Waals surface area contributed by atoms with E-state index in [0.29, 0.717) is 139 Å². The molecule has 8 aliphatic heterocycles. The number of piperidine rings is 1. The fraction of sp³-hybridized carbons (Fsp3) is 0.792. The monoisotopic (exact) mass is 1330 g/mol. The number of carbonyl (C=O) groups is 2. The van der Waals surface area contributed by atoms with Crippen LogP contribution in [0, 0.1) is 91.2 Å². The molecule has 0 radical (unpaired) electrons. The maximum absolute atomic E-state index is 17.1. The SMILES string of the molecule is CC(C)C(C)C1OC1C1(O)CC=CC23CCOC45CCC1C24CCc1cc(O)cc(c1)N1CC2(CCC(C4CC6C=C7C=CCOC7CC6C6(CCCCC6)N4)C2O)C2(C1=O)C(CO)CCCC2CSSC(O)C12CC(O)C(O)(CO)C4(CCCC4)C1(C)C(C3)C5=CC2=O. The van der Waals surface area contributed by atoms with Gasteiger partial charge < -0.3 is 65.3 Å². The minimum atomic E-state index is -2.02. The quantitative estimate of drug-likeness (QED) is 0.0731. The third kappa shape index (κ3) is 7.95. The lowest BCUT2D eigenvalue weighted by Gasteiger charge is -2.76. The van der Waals surface area contributed by atoms with Crippen molar-refractivity contribution in [2.24, 2.45) is 91.2 Å². The van der Waals surface area contributed by atoms with Crippen LogP contribution < -0.4 is 10.2 Å². The molecule has 1 aromatic rings. The fourth-order valence-corrected chi connectivity index (χ4v) is 30.9. The van der Waals surface area contributed by atoms with Crippen LogP contribution in [-0.4, -0.2) is 156 Å². The summed E-state index contributed by atoms with van der Waals surface area (Å²) in [5, 5.41) is 109. The first-order valence-electron chi connectivity index (χ1n) is 37.3. The van der Waals surface area contributed by atoms with Gasteiger partial charge in [0.2, 0.25) is 5.91 Å². The average Bonchev–Trinajstić information content (AvgIpc) is 1.14. The van der Waals surface area contributed by atoms with E-state index in [0.717, 1.165) is 56.1 Å². The number of epoxide rings is 1. The number of aromatic hydroxyl groups is 1. The number of rotatable bonds is 6. The van der Waals surface area contributed by atoms with Gasteiger partial charge in [0.05, 0.1) is 54.1 Å². The Morgan fingerprint density at radius 2 is 1.66 bits per heavy atom. The predicted octanol–water partition coefficient (Wildman–Crippen LogP) is 9.98. The highest BCUT2D eigenvalue weighted by Gasteiger charge is 2.87. The van der Waals surface area contributed by atoms with Crippen LogP contribution in [-0.2, 0) is 30.2 Å². The molecular formula is C77H106N2O13S2. The van der Waals surface area contributed by atoms with Crippen molar-refractivity contribution >= 4 is 39.0 Å². The summed E-state index contributed by atoms with van der Waals surface area (Å²) in [6.45, 7) is 9.04. The van der Waals surface area contributed by atoms with Crippen molar-refractivity contribution in [3.05, 3.63) is 71.4 Å². The van der Waals surface area contributed by atoms with Gasteiger partial charge in [0, 0.05) is 82.3 Å². The summed E-state index contributed by atoms with van der Waals surface area (Å²) in [5.41, 5.74) is -10.5. The van der Waals surface area contributed by atoms with E-state index in [-0.39, 0.29) is 84.5 Å². The van der Waals surface area contributed by atoms with E-state index in [2.05, 4.69) is 69.5 Å². The van der Waals surface area contributed by atoms with Crippen molar-refractivity contribution in [2.75, 3.05) is 43.6 Å². The molecule has 8 heterocycles. The number of carbonyl (C=O) groups excluding carboxylic acids is 2. The lowest BCUT2D eigenvalue weighted by Crippen LogP contribution is -2.81. The summed E-state index contributed by atoms with van der Waals surface area (Å²) in [6, 6.07) is 5.61. The molecule has 514 valence electrons. The standard InChI is InChI=1S/C77H106N2O13S2/c1-44(2)45(3)62-64(92-62)73(88)24-12-19-68-28-30-91-76-27-18-59(73)74(68,76)26-16-46-31-51(35-52(82)32-46)79-42-69(25-17-53(63(69)85)57-34-48-33-47-13-11-29-90-58(47)36-54(48)70(78-57)20-6-5-7-21-70)77(65(79)86)49(40-80)14-10-15-50(77)41-93-94-66(87)72-39-61(84)75(89,43-81)71(22-8-9-23-71)67(72,4)56(38-68)55(76)37-60(72)83/h11-13,19,31-33,35,37,44-45,48-50,53-54,56-59,61-64,66,78,80-82,84-85,87-89H,5-10,14-18,20-30,34,36,38-43H2,1-4H3. The van der Waals surface area contributed by atoms with E-state index in [1.165, 1.54) is 33.6 Å². The molecule has 7 saturated carbocycles. The van der Waals surface area contributed by atoms with Crippen LogP contribution >= 0.6 is 21.6 Å². The molecule has 17 heteroatoms. The summed E-state index contributed by atoms with van der Waals surface area (Å²) in [7, 11) is 2.68. The predicted molar refractivity (Wildman–Crippen MR) is 360 cm³/mol. The Labute approximate surface area is 563 Å². The van der Waals surface area contributed by atoms with Gasteiger partial charge in [0.1, 0.15) is 28.5 Å². The Morgan fingerprint density at radius 3 is 2.44 bits per heavy atom. The van der Waals surface area contributed by atoms with Gasteiger partial charge >= 0.3 is 0 Å². The summed E-state index contributed by atoms with van der Waals surface area (Å²) >= 11 is 0. The molecule has 10 aliphatic carbocycles. The number of allylic oxidation sites excluding steroid dienone is 3. The van der Waals surface area contributed by atoms with Gasteiger partial charge in [-0.25, -0.2) is 0 Å². The zero-order valence-electron chi connectivity index (χ0n) is 56.0. The van der Waals surface area contributed by atoms with Crippen LogP contribution in [0.2, 0.25) is 0 Å². The third-order valence-corrected chi connectivity index (χ3v) is 34.7. The largest absolute Gasteiger partial charge is 0.508 e. The Morgan fingerprint density at radius 1 is 0.862 bits per heavy atom. The topological polar surface area (TPSA) is 242 Å². The first-order chi connectivity index (χ1) is 45.1. The van der Waals surface area contributed by atoms with E-state index in [4.69, 9.17) is 14.2 Å². The summed E-state index contributed by atoms with van der Waals surface area (Å²) in [4.78, 5) is 35.8. The molecule has 24 atom stereocenters. The maximum Gasteiger partial charge on any atom is 0.234 e. The number of nitrogens with zero attached hydrogens (tertiary/aromatic N) is 1. The molecule has 1 aromatic carbocycles. The number of nitrogens with one attached hydrogen (secondary N) is 1. The fourth-order valence-electron chi connectivity index (χ4n) is 27.9. The second-order valence-electron chi connectivity index (χ2n) is 34.6. The van der Waals surface area contributed by atoms with Gasteiger partial charge in [-0.2, -0.15) is 0 Å². The first-order valence-corrected chi connectivity index (χ1v) is 39.6. The molecule has 1 amide bonds. The number of ether oxygens (including phenoxy) is 3. The summed E-state index contributed by atoms with van der Waals surface area (Å²) in [6.07, 6.45) is 26.5. The lowest BCUT2D eigenvalue weighted by molar-refractivity contribution is -0.321. The second kappa shape index (κ2) is 22.2. The van der Waals surface area contributed by atoms with Crippen molar-refractivity contribution in [3.8, 4) is 5.75 Å². The smallest absolute Gasteiger partial charge is 0.234 e. The molecule has 94 heavy (non-hydrogen) atoms. The second-order valence-corrected chi connectivity index (χ2v) is 37.1. The number of hydrogen-bond donors (Lipinski definition) is 9. The van der Waals surface area contributed by atoms with Crippen LogP contribution in [0.1, 0.15) is 181 Å². The molecule has 0 aromatic heterocycles. The Bertz CT molecular complexity index is 3360. The van der Waals surface area contributed by atoms with E-state index >= 15 is 9.59 Å². The molecule has 18 aliphatic rings. The van der Waals surface area contributed by atoms with Gasteiger partial charge in [-0.3, -0.25) is 9.59 Å². The van der Waals surface area contributed by atoms with E-state index in [9.17, 15) is 40.9 Å². The van der Waals surface area contributed by atoms with Gasteiger partial charge in [-0.15, -0.1) is 0 Å². The van der Waals surface area contributed by atoms with Crippen molar-refractivity contribution in [3.63, 3.8) is 0 Å². The zero-order chi connectivity index (χ0) is 65.2. The van der Waals surface area contributed by atoms with E-state index in [1.54, 1.807) is 6.07 Å². The first kappa shape index (κ1) is 64.7. The van der Waals surface area contributed by atoms with Gasteiger partial charge in [-0.1, -0.05) is 118 Å². The Kier molecular flexibility index (Phi) is 15.3. The Balaban J connectivity index is 0.839. The number of fused-ring (bicyclic) bond motifs is 4. The van der Waals surface area contributed by atoms with E-state index < -0.39 is 96.9 Å². The number of ketones is 1. The molecule has 19 rings (SSSR count). The third-order valence-electron chi connectivity index (χ3n) is 32.0. The van der Waals surface area contributed by atoms with Crippen LogP contribution in [0.3, 0.4) is 0 Å². The van der Waals surface area contributed by atoms with Crippen molar-refractivity contribution in [1.82, 2.24) is 5.32 Å². The minimum Gasteiger partial charge on any atom is -0.508 e. The molecule has 4 saturated heterocycles. The number of aryl methyl sites for hydroxylation is 1. The molecule has 11 fully saturated rings. The minimum absolute atomic E-state index is 0.0249. The Hall–Kier alpha value is -2.62. The highest BCUT2D eigenvalue weighted by Crippen LogP contribution is 2.85. The maximum atomic E-state index is 17.1. The zero-order valence-corrected chi connectivity index (χ0v) is 57.7.